The molecule has 16 N–H and O–H groups in total. The number of aromatic nitrogens is 1. The fraction of sp³-hybridized carbons (Fsp3) is 0.480. The molecule has 0 radical (unpaired) electrons. The lowest BCUT2D eigenvalue weighted by atomic mass is 10.00. The molecule has 1 fully saturated rings. The van der Waals surface area contributed by atoms with Crippen molar-refractivity contribution in [3.05, 3.63) is 102 Å². The maximum absolute atomic E-state index is 14.8. The minimum atomic E-state index is -1.44. The summed E-state index contributed by atoms with van der Waals surface area (Å²) in [7, 11) is 2.52. The zero-order valence-electron chi connectivity index (χ0n) is 40.5. The Kier molecular flexibility index (Phi) is 22.5. The fourth-order valence-corrected chi connectivity index (χ4v) is 10.6. The number of benzene rings is 3. The number of phenolic OH excluding ortho intramolecular Hbond substituents is 1. The molecule has 4 aromatic rings. The number of amides is 6. The molecular formula is C50H71N11O8S2. The number of hydrogen-bond donors (Lipinski definition) is 13. The molecule has 19 nitrogen and oxygen atoms in total. The van der Waals surface area contributed by atoms with E-state index in [0.29, 0.717) is 31.4 Å². The lowest BCUT2D eigenvalue weighted by Gasteiger charge is -2.30. The lowest BCUT2D eigenvalue weighted by molar-refractivity contribution is -0.133. The second kappa shape index (κ2) is 28.4. The molecule has 21 heteroatoms. The van der Waals surface area contributed by atoms with Crippen LogP contribution < -0.4 is 54.4 Å². The standard InChI is InChI=1S/C50H71N11O8S2/c1-29(2)43-50(69)60-42(49(68)61-44(30(3)62)45(53)64)28-71-70-27-35(58-46(65)38(52)21-31-11-5-4-6-12-31)26-55-40(22-32-16-18-36(63)19-17-32)47(66)59-41(23-33-24-54-39-15-8-7-14-37(33)39)48(67)57-34(25-56-43)13-9-10-20-51/h4-8,11-12,14-19,24,29-30,34-35,38,40-44,54-56,62-63H,9-10,13,20-23,25-28,51-52H2,1-3H3,(H2,53,64)(H,57,67)(H,58,65)(H,59,66)(H,60,69)(H,61,68)/t30-,34+,35-,38+,40+,41-,42-,43-,44+/m1/s1. The third kappa shape index (κ3) is 17.8. The van der Waals surface area contributed by atoms with Crippen molar-refractivity contribution in [1.29, 1.82) is 0 Å². The molecule has 1 aliphatic heterocycles. The van der Waals surface area contributed by atoms with E-state index < -0.39 is 89.9 Å². The molecule has 1 aliphatic rings. The van der Waals surface area contributed by atoms with Crippen LogP contribution >= 0.6 is 21.6 Å². The number of aromatic amines is 1. The molecule has 3 aromatic carbocycles. The van der Waals surface area contributed by atoms with Crippen molar-refractivity contribution in [2.24, 2.45) is 23.1 Å². The summed E-state index contributed by atoms with van der Waals surface area (Å²) < 4.78 is 0. The average Bonchev–Trinajstić information content (AvgIpc) is 3.75. The Morgan fingerprint density at radius 1 is 0.789 bits per heavy atom. The number of carbonyl (C=O) groups excluding carboxylic acids is 6. The number of nitrogens with one attached hydrogen (secondary N) is 8. The van der Waals surface area contributed by atoms with E-state index in [4.69, 9.17) is 17.2 Å². The van der Waals surface area contributed by atoms with Crippen LogP contribution in [0.5, 0.6) is 5.75 Å². The fourth-order valence-electron chi connectivity index (χ4n) is 8.17. The number of H-pyrrole nitrogens is 1. The number of carbonyl (C=O) groups is 6. The number of rotatable bonds is 17. The van der Waals surface area contributed by atoms with Gasteiger partial charge in [-0.05, 0) is 80.0 Å². The van der Waals surface area contributed by atoms with Crippen LogP contribution in [0.15, 0.2) is 85.1 Å². The Balaban J connectivity index is 1.53. The predicted molar refractivity (Wildman–Crippen MR) is 279 cm³/mol. The number of hydrogen-bond acceptors (Lipinski definition) is 14. The molecule has 0 saturated carbocycles. The van der Waals surface area contributed by atoms with Gasteiger partial charge in [-0.15, -0.1) is 0 Å². The zero-order valence-corrected chi connectivity index (χ0v) is 42.2. The molecule has 2 heterocycles. The Morgan fingerprint density at radius 3 is 2.17 bits per heavy atom. The maximum Gasteiger partial charge on any atom is 0.244 e. The highest BCUT2D eigenvalue weighted by atomic mass is 33.1. The van der Waals surface area contributed by atoms with E-state index in [1.165, 1.54) is 40.6 Å². The van der Waals surface area contributed by atoms with Gasteiger partial charge in [0.15, 0.2) is 0 Å². The van der Waals surface area contributed by atoms with Crippen molar-refractivity contribution in [2.75, 3.05) is 31.1 Å². The second-order valence-electron chi connectivity index (χ2n) is 18.3. The van der Waals surface area contributed by atoms with Crippen LogP contribution in [0.3, 0.4) is 0 Å². The van der Waals surface area contributed by atoms with Gasteiger partial charge in [0.05, 0.1) is 30.3 Å². The molecule has 0 unspecified atom stereocenters. The summed E-state index contributed by atoms with van der Waals surface area (Å²) in [6.45, 7) is 5.60. The topological polar surface area (TPSA) is 321 Å². The summed E-state index contributed by atoms with van der Waals surface area (Å²) in [6.07, 6.45) is 2.81. The summed E-state index contributed by atoms with van der Waals surface area (Å²) in [5, 5.41) is 42.5. The number of nitrogens with two attached hydrogens (primary N) is 3. The normalized spacial score (nSPS) is 22.5. The van der Waals surface area contributed by atoms with Crippen LogP contribution in [0, 0.1) is 5.92 Å². The van der Waals surface area contributed by atoms with Gasteiger partial charge in [-0.1, -0.05) is 103 Å². The van der Waals surface area contributed by atoms with E-state index in [1.807, 2.05) is 74.6 Å². The summed E-state index contributed by atoms with van der Waals surface area (Å²) >= 11 is 0. The van der Waals surface area contributed by atoms with Crippen LogP contribution in [-0.2, 0) is 48.0 Å². The van der Waals surface area contributed by atoms with Crippen LogP contribution in [0.1, 0.15) is 56.7 Å². The molecule has 1 aromatic heterocycles. The smallest absolute Gasteiger partial charge is 0.244 e. The minimum absolute atomic E-state index is 0.0125. The van der Waals surface area contributed by atoms with Crippen molar-refractivity contribution < 1.29 is 39.0 Å². The van der Waals surface area contributed by atoms with E-state index in [0.717, 1.165) is 22.0 Å². The number of aliphatic hydroxyl groups excluding tert-OH is 1. The Morgan fingerprint density at radius 2 is 1.48 bits per heavy atom. The SMILES string of the molecule is CC(C)[C@H]1NC[C@H](CCCCN)NC(=O)[C@@H](Cc2c[nH]c3ccccc23)NC(=O)[C@H](Cc2ccc(O)cc2)NC[C@@H](NC(=O)[C@@H](N)Cc2ccccc2)CSSC[C@H](C(=O)N[C@H](C(N)=O)[C@@H](C)O)NC1=O. The van der Waals surface area contributed by atoms with Crippen molar-refractivity contribution in [3.8, 4) is 5.75 Å². The van der Waals surface area contributed by atoms with Crippen LogP contribution in [0.2, 0.25) is 0 Å². The van der Waals surface area contributed by atoms with Gasteiger partial charge in [0.2, 0.25) is 35.4 Å². The quantitative estimate of drug-likeness (QED) is 0.0510. The molecule has 0 bridgehead atoms. The van der Waals surface area contributed by atoms with E-state index in [2.05, 4.69) is 42.2 Å². The van der Waals surface area contributed by atoms with Gasteiger partial charge in [-0.3, -0.25) is 28.8 Å². The number of fused-ring (bicyclic) bond motifs is 1. The van der Waals surface area contributed by atoms with Crippen molar-refractivity contribution >= 4 is 67.9 Å². The number of unbranched alkanes of at least 4 members (excludes halogenated alkanes) is 1. The van der Waals surface area contributed by atoms with Crippen molar-refractivity contribution in [3.63, 3.8) is 0 Å². The first kappa shape index (κ1) is 56.2. The van der Waals surface area contributed by atoms with Crippen LogP contribution in [0.25, 0.3) is 10.9 Å². The van der Waals surface area contributed by atoms with Gasteiger partial charge in [0, 0.05) is 54.2 Å². The van der Waals surface area contributed by atoms with Gasteiger partial charge in [-0.25, -0.2) is 0 Å². The molecule has 71 heavy (non-hydrogen) atoms. The van der Waals surface area contributed by atoms with Crippen molar-refractivity contribution in [2.45, 2.75) is 114 Å². The number of para-hydroxylation sites is 1. The zero-order chi connectivity index (χ0) is 51.5. The first-order valence-corrected chi connectivity index (χ1v) is 26.5. The summed E-state index contributed by atoms with van der Waals surface area (Å²) in [5.74, 6) is -3.68. The van der Waals surface area contributed by atoms with E-state index in [9.17, 15) is 39.0 Å². The highest BCUT2D eigenvalue weighted by Gasteiger charge is 2.34. The molecular weight excluding hydrogens is 947 g/mol. The van der Waals surface area contributed by atoms with Crippen molar-refractivity contribution in [1.82, 2.24) is 42.2 Å². The maximum atomic E-state index is 14.8. The highest BCUT2D eigenvalue weighted by molar-refractivity contribution is 8.76. The lowest BCUT2D eigenvalue weighted by Crippen LogP contribution is -2.60. The molecule has 5 rings (SSSR count). The highest BCUT2D eigenvalue weighted by Crippen LogP contribution is 2.24. The molecule has 0 aliphatic carbocycles. The summed E-state index contributed by atoms with van der Waals surface area (Å²) in [6, 6.07) is 15.8. The molecule has 9 atom stereocenters. The molecule has 6 amide bonds. The Bertz CT molecular complexity index is 2360. The molecule has 386 valence electrons. The predicted octanol–water partition coefficient (Wildman–Crippen LogP) is 0.615. The van der Waals surface area contributed by atoms with Gasteiger partial charge < -0.3 is 69.6 Å². The average molecular weight is 1020 g/mol. The Hall–Kier alpha value is -5.68. The molecule has 0 spiro atoms. The number of aliphatic hydroxyl groups is 1. The largest absolute Gasteiger partial charge is 0.508 e. The van der Waals surface area contributed by atoms with Gasteiger partial charge in [0.25, 0.3) is 0 Å². The minimum Gasteiger partial charge on any atom is -0.508 e. The number of primary amides is 1. The van der Waals surface area contributed by atoms with Gasteiger partial charge in [-0.2, -0.15) is 0 Å². The molecule has 1 saturated heterocycles. The first-order chi connectivity index (χ1) is 34.0. The second-order valence-corrected chi connectivity index (χ2v) is 20.9. The third-order valence-corrected chi connectivity index (χ3v) is 14.7. The summed E-state index contributed by atoms with van der Waals surface area (Å²) in [4.78, 5) is 86.9. The summed E-state index contributed by atoms with van der Waals surface area (Å²) in [5.41, 5.74) is 21.1. The third-order valence-electron chi connectivity index (χ3n) is 12.2. The van der Waals surface area contributed by atoms with E-state index >= 15 is 0 Å². The monoisotopic (exact) mass is 1020 g/mol. The van der Waals surface area contributed by atoms with Gasteiger partial charge >= 0.3 is 0 Å². The first-order valence-electron chi connectivity index (χ1n) is 24.1. The number of phenols is 1. The van der Waals surface area contributed by atoms with E-state index in [-0.39, 0.29) is 55.5 Å². The van der Waals surface area contributed by atoms with Crippen LogP contribution in [-0.4, -0.2) is 136 Å². The number of aromatic hydroxyl groups is 1. The van der Waals surface area contributed by atoms with Crippen LogP contribution in [0.4, 0.5) is 0 Å². The Labute approximate surface area is 422 Å². The van der Waals surface area contributed by atoms with Gasteiger partial charge in [0.1, 0.15) is 23.9 Å². The van der Waals surface area contributed by atoms with E-state index in [1.54, 1.807) is 12.1 Å².